The van der Waals surface area contributed by atoms with E-state index >= 15 is 0 Å². The Morgan fingerprint density at radius 3 is 2.83 bits per heavy atom. The molecular formula is C14H18F2O2. The molecule has 2 rings (SSSR count). The average Bonchev–Trinajstić information content (AvgIpc) is 2.82. The Bertz CT molecular complexity index is 409. The number of ether oxygens (including phenoxy) is 1. The number of rotatable bonds is 4. The Labute approximate surface area is 106 Å². The first kappa shape index (κ1) is 13.4. The molecule has 1 aliphatic rings. The van der Waals surface area contributed by atoms with Gasteiger partial charge in [0.25, 0.3) is 0 Å². The molecule has 0 saturated carbocycles. The van der Waals surface area contributed by atoms with E-state index in [4.69, 9.17) is 4.74 Å². The van der Waals surface area contributed by atoms with E-state index in [9.17, 15) is 13.9 Å². The topological polar surface area (TPSA) is 29.5 Å². The SMILES string of the molecule is CCC1OCCC1C(O)Cc1ccc(F)c(F)c1. The maximum Gasteiger partial charge on any atom is 0.159 e. The van der Waals surface area contributed by atoms with E-state index in [2.05, 4.69) is 0 Å². The van der Waals surface area contributed by atoms with Gasteiger partial charge in [-0.25, -0.2) is 8.78 Å². The van der Waals surface area contributed by atoms with Crippen molar-refractivity contribution in [2.75, 3.05) is 6.61 Å². The minimum absolute atomic E-state index is 0.0743. The third-order valence-corrected chi connectivity index (χ3v) is 3.59. The number of aliphatic hydroxyl groups excluding tert-OH is 1. The highest BCUT2D eigenvalue weighted by Gasteiger charge is 2.32. The van der Waals surface area contributed by atoms with Gasteiger partial charge >= 0.3 is 0 Å². The van der Waals surface area contributed by atoms with E-state index in [1.807, 2.05) is 6.92 Å². The van der Waals surface area contributed by atoms with Crippen molar-refractivity contribution < 1.29 is 18.6 Å². The number of hydrogen-bond donors (Lipinski definition) is 1. The lowest BCUT2D eigenvalue weighted by Crippen LogP contribution is -2.29. The van der Waals surface area contributed by atoms with Crippen molar-refractivity contribution in [3.63, 3.8) is 0 Å². The van der Waals surface area contributed by atoms with Crippen LogP contribution in [0.1, 0.15) is 25.3 Å². The van der Waals surface area contributed by atoms with Crippen LogP contribution in [0.4, 0.5) is 8.78 Å². The summed E-state index contributed by atoms with van der Waals surface area (Å²) in [6.07, 6.45) is 1.53. The van der Waals surface area contributed by atoms with Crippen LogP contribution >= 0.6 is 0 Å². The van der Waals surface area contributed by atoms with Crippen LogP contribution < -0.4 is 0 Å². The molecule has 18 heavy (non-hydrogen) atoms. The fraction of sp³-hybridized carbons (Fsp3) is 0.571. The zero-order chi connectivity index (χ0) is 13.1. The fourth-order valence-corrected chi connectivity index (χ4v) is 2.59. The van der Waals surface area contributed by atoms with Crippen LogP contribution in [0.2, 0.25) is 0 Å². The lowest BCUT2D eigenvalue weighted by atomic mass is 9.89. The lowest BCUT2D eigenvalue weighted by molar-refractivity contribution is 0.0317. The predicted molar refractivity (Wildman–Crippen MR) is 64.2 cm³/mol. The van der Waals surface area contributed by atoms with Crippen LogP contribution in [0.25, 0.3) is 0 Å². The van der Waals surface area contributed by atoms with Crippen molar-refractivity contribution >= 4 is 0 Å². The summed E-state index contributed by atoms with van der Waals surface area (Å²) in [5.74, 6) is -1.64. The Hall–Kier alpha value is -1.00. The first-order valence-corrected chi connectivity index (χ1v) is 6.35. The molecule has 100 valence electrons. The van der Waals surface area contributed by atoms with Crippen molar-refractivity contribution in [3.05, 3.63) is 35.4 Å². The molecule has 0 amide bonds. The molecule has 1 saturated heterocycles. The van der Waals surface area contributed by atoms with Gasteiger partial charge in [-0.05, 0) is 37.0 Å². The van der Waals surface area contributed by atoms with Gasteiger partial charge in [0, 0.05) is 12.5 Å². The molecule has 0 radical (unpaired) electrons. The fourth-order valence-electron chi connectivity index (χ4n) is 2.59. The van der Waals surface area contributed by atoms with E-state index in [-0.39, 0.29) is 12.0 Å². The van der Waals surface area contributed by atoms with E-state index in [1.54, 1.807) is 0 Å². The Balaban J connectivity index is 2.02. The van der Waals surface area contributed by atoms with Gasteiger partial charge in [0.2, 0.25) is 0 Å². The lowest BCUT2D eigenvalue weighted by Gasteiger charge is -2.22. The van der Waals surface area contributed by atoms with E-state index in [0.29, 0.717) is 18.6 Å². The molecule has 1 N–H and O–H groups in total. The molecule has 2 nitrogen and oxygen atoms in total. The van der Waals surface area contributed by atoms with Gasteiger partial charge in [0.05, 0.1) is 12.2 Å². The Morgan fingerprint density at radius 1 is 1.39 bits per heavy atom. The van der Waals surface area contributed by atoms with E-state index in [1.165, 1.54) is 6.07 Å². The number of hydrogen-bond acceptors (Lipinski definition) is 2. The van der Waals surface area contributed by atoms with E-state index in [0.717, 1.165) is 25.0 Å². The van der Waals surface area contributed by atoms with E-state index < -0.39 is 17.7 Å². The minimum Gasteiger partial charge on any atom is -0.392 e. The van der Waals surface area contributed by atoms with Crippen molar-refractivity contribution in [2.24, 2.45) is 5.92 Å². The van der Waals surface area contributed by atoms with Crippen LogP contribution in [0.15, 0.2) is 18.2 Å². The second kappa shape index (κ2) is 5.76. The Morgan fingerprint density at radius 2 is 2.17 bits per heavy atom. The predicted octanol–water partition coefficient (Wildman–Crippen LogP) is 2.68. The average molecular weight is 256 g/mol. The molecular weight excluding hydrogens is 238 g/mol. The first-order valence-electron chi connectivity index (χ1n) is 6.35. The maximum absolute atomic E-state index is 13.1. The normalized spacial score (nSPS) is 25.3. The van der Waals surface area contributed by atoms with Crippen molar-refractivity contribution in [1.29, 1.82) is 0 Å². The summed E-state index contributed by atoms with van der Waals surface area (Å²) < 4.78 is 31.4. The summed E-state index contributed by atoms with van der Waals surface area (Å²) >= 11 is 0. The highest BCUT2D eigenvalue weighted by molar-refractivity contribution is 5.18. The number of halogens is 2. The molecule has 1 heterocycles. The van der Waals surface area contributed by atoms with Gasteiger partial charge in [-0.3, -0.25) is 0 Å². The summed E-state index contributed by atoms with van der Waals surface area (Å²) in [7, 11) is 0. The van der Waals surface area contributed by atoms with Crippen molar-refractivity contribution in [1.82, 2.24) is 0 Å². The smallest absolute Gasteiger partial charge is 0.159 e. The summed E-state index contributed by atoms with van der Waals surface area (Å²) in [5.41, 5.74) is 0.614. The van der Waals surface area contributed by atoms with Gasteiger partial charge in [0.15, 0.2) is 11.6 Å². The second-order valence-electron chi connectivity index (χ2n) is 4.79. The quantitative estimate of drug-likeness (QED) is 0.897. The van der Waals surface area contributed by atoms with Gasteiger partial charge < -0.3 is 9.84 Å². The number of aliphatic hydroxyl groups is 1. The summed E-state index contributed by atoms with van der Waals surface area (Å²) in [6.45, 7) is 2.69. The molecule has 3 atom stereocenters. The van der Waals surface area contributed by atoms with Gasteiger partial charge in [0.1, 0.15) is 0 Å². The second-order valence-corrected chi connectivity index (χ2v) is 4.79. The van der Waals surface area contributed by atoms with Crippen molar-refractivity contribution in [3.8, 4) is 0 Å². The third-order valence-electron chi connectivity index (χ3n) is 3.59. The first-order chi connectivity index (χ1) is 8.61. The molecule has 0 spiro atoms. The monoisotopic (exact) mass is 256 g/mol. The zero-order valence-corrected chi connectivity index (χ0v) is 10.4. The maximum atomic E-state index is 13.1. The molecule has 1 aromatic rings. The molecule has 0 aliphatic carbocycles. The molecule has 0 aromatic heterocycles. The zero-order valence-electron chi connectivity index (χ0n) is 10.4. The van der Waals surface area contributed by atoms with Crippen LogP contribution in [0, 0.1) is 17.6 Å². The standard InChI is InChI=1S/C14H18F2O2/c1-2-14-10(5-6-18-14)13(17)8-9-3-4-11(15)12(16)7-9/h3-4,7,10,13-14,17H,2,5-6,8H2,1H3. The number of benzene rings is 1. The molecule has 0 bridgehead atoms. The van der Waals surface area contributed by atoms with Crippen LogP contribution in [-0.4, -0.2) is 23.9 Å². The molecule has 1 aliphatic heterocycles. The molecule has 1 fully saturated rings. The van der Waals surface area contributed by atoms with Crippen LogP contribution in [0.5, 0.6) is 0 Å². The highest BCUT2D eigenvalue weighted by Crippen LogP contribution is 2.28. The van der Waals surface area contributed by atoms with Crippen LogP contribution in [-0.2, 0) is 11.2 Å². The molecule has 1 aromatic carbocycles. The van der Waals surface area contributed by atoms with Gasteiger partial charge in [-0.15, -0.1) is 0 Å². The summed E-state index contributed by atoms with van der Waals surface area (Å²) in [4.78, 5) is 0. The Kier molecular flexibility index (Phi) is 4.30. The van der Waals surface area contributed by atoms with Gasteiger partial charge in [-0.1, -0.05) is 13.0 Å². The molecule has 3 unspecified atom stereocenters. The largest absolute Gasteiger partial charge is 0.392 e. The molecule has 4 heteroatoms. The third kappa shape index (κ3) is 2.87. The van der Waals surface area contributed by atoms with Gasteiger partial charge in [-0.2, -0.15) is 0 Å². The highest BCUT2D eigenvalue weighted by atomic mass is 19.2. The van der Waals surface area contributed by atoms with Crippen LogP contribution in [0.3, 0.4) is 0 Å². The minimum atomic E-state index is -0.866. The summed E-state index contributed by atoms with van der Waals surface area (Å²) in [5, 5.41) is 10.2. The summed E-state index contributed by atoms with van der Waals surface area (Å²) in [6, 6.07) is 3.76. The van der Waals surface area contributed by atoms with Crippen molar-refractivity contribution in [2.45, 2.75) is 38.4 Å².